The fraction of sp³-hybridized carbons (Fsp3) is 0.172. The van der Waals surface area contributed by atoms with Crippen LogP contribution in [0, 0.1) is 18.3 Å². The Bertz CT molecular complexity index is 1560. The SMILES string of the molecule is Cc1cc(-c2ccc([Si](C)(C)C)cc2)c2c(oc3c(C#N)cccc32)c1-c1cccc[n+]1C. The molecule has 5 aromatic rings. The van der Waals surface area contributed by atoms with E-state index in [0.29, 0.717) is 11.1 Å². The summed E-state index contributed by atoms with van der Waals surface area (Å²) in [5.74, 6) is 0. The first-order valence-corrected chi connectivity index (χ1v) is 14.7. The van der Waals surface area contributed by atoms with E-state index in [1.807, 2.05) is 37.5 Å². The van der Waals surface area contributed by atoms with Crippen LogP contribution in [0.15, 0.2) is 77.3 Å². The number of hydrogen-bond acceptors (Lipinski definition) is 2. The van der Waals surface area contributed by atoms with E-state index in [0.717, 1.165) is 38.7 Å². The number of para-hydroxylation sites is 1. The maximum atomic E-state index is 9.73. The highest BCUT2D eigenvalue weighted by atomic mass is 28.3. The summed E-state index contributed by atoms with van der Waals surface area (Å²) in [7, 11) is 0.667. The van der Waals surface area contributed by atoms with Gasteiger partial charge in [-0.3, -0.25) is 0 Å². The predicted molar refractivity (Wildman–Crippen MR) is 138 cm³/mol. The lowest BCUT2D eigenvalue weighted by molar-refractivity contribution is -0.660. The average Bonchev–Trinajstić information content (AvgIpc) is 3.18. The van der Waals surface area contributed by atoms with Crippen molar-refractivity contribution in [3.05, 3.63) is 84.1 Å². The Hall–Kier alpha value is -3.68. The van der Waals surface area contributed by atoms with Gasteiger partial charge in [-0.1, -0.05) is 61.2 Å². The zero-order valence-electron chi connectivity index (χ0n) is 19.7. The van der Waals surface area contributed by atoms with Crippen LogP contribution >= 0.6 is 0 Å². The van der Waals surface area contributed by atoms with Gasteiger partial charge in [0, 0.05) is 22.9 Å². The minimum Gasteiger partial charge on any atom is -0.454 e. The first-order valence-electron chi connectivity index (χ1n) is 11.2. The summed E-state index contributed by atoms with van der Waals surface area (Å²) in [6.45, 7) is 9.24. The molecule has 4 heteroatoms. The largest absolute Gasteiger partial charge is 0.454 e. The van der Waals surface area contributed by atoms with E-state index in [1.54, 1.807) is 0 Å². The van der Waals surface area contributed by atoms with Gasteiger partial charge < -0.3 is 4.42 Å². The van der Waals surface area contributed by atoms with Crippen LogP contribution in [0.4, 0.5) is 0 Å². The summed E-state index contributed by atoms with van der Waals surface area (Å²) in [6, 6.07) is 25.6. The van der Waals surface area contributed by atoms with Crippen LogP contribution in [-0.2, 0) is 7.05 Å². The Balaban J connectivity index is 1.90. The van der Waals surface area contributed by atoms with E-state index in [1.165, 1.54) is 10.8 Å². The van der Waals surface area contributed by atoms with Crippen LogP contribution < -0.4 is 9.75 Å². The third-order valence-electron chi connectivity index (χ3n) is 6.46. The van der Waals surface area contributed by atoms with Crippen LogP contribution in [0.1, 0.15) is 11.1 Å². The molecule has 0 aliphatic heterocycles. The molecule has 162 valence electrons. The Labute approximate surface area is 195 Å². The number of aryl methyl sites for hydroxylation is 2. The fourth-order valence-electron chi connectivity index (χ4n) is 4.67. The van der Waals surface area contributed by atoms with E-state index in [-0.39, 0.29) is 0 Å². The van der Waals surface area contributed by atoms with Crippen molar-refractivity contribution in [3.63, 3.8) is 0 Å². The molecular formula is C29H27N2OSi+. The smallest absolute Gasteiger partial charge is 0.216 e. The summed E-state index contributed by atoms with van der Waals surface area (Å²) in [6.07, 6.45) is 2.05. The zero-order valence-corrected chi connectivity index (χ0v) is 20.7. The standard InChI is InChI=1S/C29H27N2OSi/c1-19-17-24(20-12-14-22(15-13-20)33(3,4)5)27-23-10-8-9-21(18-30)28(23)32-29(27)26(19)25-11-6-7-16-31(25)2/h6-17H,1-5H3/q+1. The molecule has 3 nitrogen and oxygen atoms in total. The van der Waals surface area contributed by atoms with Gasteiger partial charge >= 0.3 is 0 Å². The highest BCUT2D eigenvalue weighted by Crippen LogP contribution is 2.43. The molecule has 0 spiro atoms. The Morgan fingerprint density at radius 3 is 2.33 bits per heavy atom. The lowest BCUT2D eigenvalue weighted by Crippen LogP contribution is -2.37. The summed E-state index contributed by atoms with van der Waals surface area (Å²) >= 11 is 0. The third kappa shape index (κ3) is 3.46. The molecule has 0 saturated carbocycles. The minimum absolute atomic E-state index is 0.560. The second-order valence-corrected chi connectivity index (χ2v) is 14.8. The van der Waals surface area contributed by atoms with E-state index in [9.17, 15) is 5.26 Å². The van der Waals surface area contributed by atoms with Crippen LogP contribution in [-0.4, -0.2) is 8.07 Å². The van der Waals surface area contributed by atoms with Gasteiger partial charge in [-0.15, -0.1) is 0 Å². The fourth-order valence-corrected chi connectivity index (χ4v) is 5.84. The molecule has 3 aromatic carbocycles. The normalized spacial score (nSPS) is 11.8. The molecule has 33 heavy (non-hydrogen) atoms. The quantitative estimate of drug-likeness (QED) is 0.235. The molecule has 0 fully saturated rings. The van der Waals surface area contributed by atoms with Gasteiger partial charge in [-0.05, 0) is 41.8 Å². The number of fused-ring (bicyclic) bond motifs is 3. The molecule has 0 N–H and O–H groups in total. The van der Waals surface area contributed by atoms with Gasteiger partial charge in [0.05, 0.1) is 19.2 Å². The maximum Gasteiger partial charge on any atom is 0.216 e. The van der Waals surface area contributed by atoms with E-state index >= 15 is 0 Å². The predicted octanol–water partition coefficient (Wildman–Crippen LogP) is 6.47. The van der Waals surface area contributed by atoms with Crippen LogP contribution in [0.2, 0.25) is 19.6 Å². The van der Waals surface area contributed by atoms with Gasteiger partial charge in [0.1, 0.15) is 18.7 Å². The number of rotatable bonds is 3. The van der Waals surface area contributed by atoms with Crippen molar-refractivity contribution in [2.45, 2.75) is 26.6 Å². The van der Waals surface area contributed by atoms with E-state index in [4.69, 9.17) is 4.42 Å². The number of benzene rings is 3. The zero-order chi connectivity index (χ0) is 23.3. The molecule has 2 aromatic heterocycles. The number of nitrogens with zero attached hydrogens (tertiary/aromatic N) is 2. The molecule has 0 amide bonds. The van der Waals surface area contributed by atoms with Gasteiger partial charge in [-0.2, -0.15) is 5.26 Å². The summed E-state index contributed by atoms with van der Waals surface area (Å²) in [5, 5.41) is 13.2. The number of furan rings is 1. The maximum absolute atomic E-state index is 9.73. The molecule has 2 heterocycles. The molecule has 0 atom stereocenters. The van der Waals surface area contributed by atoms with E-state index < -0.39 is 8.07 Å². The number of aromatic nitrogens is 1. The topological polar surface area (TPSA) is 40.8 Å². The number of nitriles is 1. The monoisotopic (exact) mass is 447 g/mol. The van der Waals surface area contributed by atoms with Crippen LogP contribution in [0.25, 0.3) is 44.3 Å². The van der Waals surface area contributed by atoms with Crippen molar-refractivity contribution < 1.29 is 8.98 Å². The van der Waals surface area contributed by atoms with Gasteiger partial charge in [0.2, 0.25) is 5.69 Å². The Morgan fingerprint density at radius 2 is 1.67 bits per heavy atom. The average molecular weight is 448 g/mol. The first-order chi connectivity index (χ1) is 15.8. The lowest BCUT2D eigenvalue weighted by atomic mass is 9.92. The van der Waals surface area contributed by atoms with Crippen molar-refractivity contribution in [3.8, 4) is 28.5 Å². The van der Waals surface area contributed by atoms with Crippen LogP contribution in [0.3, 0.4) is 0 Å². The molecular weight excluding hydrogens is 420 g/mol. The van der Waals surface area contributed by atoms with Crippen LogP contribution in [0.5, 0.6) is 0 Å². The van der Waals surface area contributed by atoms with Crippen molar-refractivity contribution in [2.24, 2.45) is 7.05 Å². The molecule has 0 bridgehead atoms. The Morgan fingerprint density at radius 1 is 0.909 bits per heavy atom. The van der Waals surface area contributed by atoms with Gasteiger partial charge in [0.15, 0.2) is 11.8 Å². The van der Waals surface area contributed by atoms with Gasteiger partial charge in [0.25, 0.3) is 0 Å². The molecule has 0 radical (unpaired) electrons. The van der Waals surface area contributed by atoms with Crippen molar-refractivity contribution in [1.29, 1.82) is 5.26 Å². The molecule has 0 saturated heterocycles. The Kier molecular flexibility index (Phi) is 4.95. The highest BCUT2D eigenvalue weighted by Gasteiger charge is 2.24. The minimum atomic E-state index is -1.38. The first kappa shape index (κ1) is 21.2. The second-order valence-electron chi connectivity index (χ2n) is 9.74. The summed E-state index contributed by atoms with van der Waals surface area (Å²) < 4.78 is 8.62. The van der Waals surface area contributed by atoms with E-state index in [2.05, 4.69) is 79.7 Å². The van der Waals surface area contributed by atoms with Gasteiger partial charge in [-0.25, -0.2) is 4.57 Å². The van der Waals surface area contributed by atoms with Crippen molar-refractivity contribution in [1.82, 2.24) is 0 Å². The van der Waals surface area contributed by atoms with Crippen molar-refractivity contribution >= 4 is 35.2 Å². The second kappa shape index (κ2) is 7.72. The highest BCUT2D eigenvalue weighted by molar-refractivity contribution is 6.88. The van der Waals surface area contributed by atoms with Crippen molar-refractivity contribution in [2.75, 3.05) is 0 Å². The summed E-state index contributed by atoms with van der Waals surface area (Å²) in [5.41, 5.74) is 7.64. The molecule has 5 rings (SSSR count). The lowest BCUT2D eigenvalue weighted by Gasteiger charge is -2.17. The molecule has 0 unspecified atom stereocenters. The number of pyridine rings is 1. The summed E-state index contributed by atoms with van der Waals surface area (Å²) in [4.78, 5) is 0. The molecule has 0 aliphatic carbocycles. The molecule has 0 aliphatic rings. The number of hydrogen-bond donors (Lipinski definition) is 0. The third-order valence-corrected chi connectivity index (χ3v) is 8.53.